The van der Waals surface area contributed by atoms with Gasteiger partial charge in [0, 0.05) is 155 Å². The van der Waals surface area contributed by atoms with Gasteiger partial charge in [-0.1, -0.05) is 127 Å². The minimum Gasteiger partial charge on any atom is -0.396 e. The zero-order chi connectivity index (χ0) is 42.5. The minimum atomic E-state index is 0.284. The Morgan fingerprint density at radius 2 is 0.558 bits per heavy atom. The number of aliphatic hydroxyl groups is 6. The van der Waals surface area contributed by atoms with E-state index in [0.29, 0.717) is 47.5 Å². The lowest BCUT2D eigenvalue weighted by molar-refractivity contribution is 0.283. The highest BCUT2D eigenvalue weighted by molar-refractivity contribution is 9.93. The van der Waals surface area contributed by atoms with Crippen molar-refractivity contribution in [3.05, 3.63) is 38.0 Å². The van der Waals surface area contributed by atoms with Crippen molar-refractivity contribution >= 4 is 180 Å². The van der Waals surface area contributed by atoms with Gasteiger partial charge in [0.05, 0.1) is 0 Å². The molecule has 0 rings (SSSR count). The number of rotatable bonds is 25. The van der Waals surface area contributed by atoms with Crippen molar-refractivity contribution in [2.45, 2.75) is 117 Å². The Balaban J connectivity index is -0.0000000594. The average molecular weight is 1530 g/mol. The summed E-state index contributed by atoms with van der Waals surface area (Å²) >= 11 is 36.9. The van der Waals surface area contributed by atoms with Crippen molar-refractivity contribution in [1.82, 2.24) is 0 Å². The van der Waals surface area contributed by atoms with E-state index in [9.17, 15) is 0 Å². The lowest BCUT2D eigenvalue weighted by Crippen LogP contribution is -1.99. The van der Waals surface area contributed by atoms with Crippen molar-refractivity contribution < 1.29 is 30.6 Å². The molecule has 0 aliphatic heterocycles. The van der Waals surface area contributed by atoms with Crippen LogP contribution in [0.25, 0.3) is 0 Å². The summed E-state index contributed by atoms with van der Waals surface area (Å²) < 4.78 is 0. The van der Waals surface area contributed by atoms with Gasteiger partial charge in [0.2, 0.25) is 0 Å². The summed E-state index contributed by atoms with van der Waals surface area (Å²) in [5, 5.41) is 52.9. The third-order valence-electron chi connectivity index (χ3n) is 5.23. The van der Waals surface area contributed by atoms with E-state index >= 15 is 0 Å². The third-order valence-corrected chi connectivity index (χ3v) is 12.5. The number of halogens is 12. The van der Waals surface area contributed by atoms with Crippen LogP contribution in [0.5, 0.6) is 0 Å². The molecule has 0 aromatic carbocycles. The van der Waals surface area contributed by atoms with E-state index in [2.05, 4.69) is 200 Å². The van der Waals surface area contributed by atoms with Gasteiger partial charge in [-0.25, -0.2) is 0 Å². The van der Waals surface area contributed by atoms with Crippen LogP contribution in [0.4, 0.5) is 0 Å². The lowest BCUT2D eigenvalue weighted by atomic mass is 10.2. The highest BCUT2D eigenvalue weighted by atomic mass is 80.9. The summed E-state index contributed by atoms with van der Waals surface area (Å²) in [4.78, 5) is 1.67. The van der Waals surface area contributed by atoms with E-state index in [0.717, 1.165) is 119 Å². The van der Waals surface area contributed by atoms with Crippen LogP contribution < -0.4 is 0 Å². The second kappa shape index (κ2) is 95.9. The number of alkyl halides is 6. The molecule has 6 N–H and O–H groups in total. The Kier molecular flexibility index (Phi) is 143. The highest BCUT2D eigenvalue weighted by Gasteiger charge is 2.00. The molecular weight excluding hydrogens is 1460 g/mol. The monoisotopic (exact) mass is 1520 g/mol. The van der Waals surface area contributed by atoms with Crippen molar-refractivity contribution in [2.75, 3.05) is 55.6 Å². The first kappa shape index (κ1) is 77.3. The summed E-state index contributed by atoms with van der Waals surface area (Å²) in [5.74, 6) is 0. The van der Waals surface area contributed by atoms with Crippen LogP contribution in [0.2, 0.25) is 0 Å². The summed E-state index contributed by atoms with van der Waals surface area (Å²) in [5.41, 5.74) is 0. The maximum absolute atomic E-state index is 8.42. The Hall–Kier alpha value is 4.74. The predicted octanol–water partition coefficient (Wildman–Crippen LogP) is 15.2. The molecule has 0 heterocycles. The van der Waals surface area contributed by atoms with Gasteiger partial charge in [-0.05, 0) is 89.9 Å². The third kappa shape index (κ3) is 124. The molecule has 3 atom stereocenters. The smallest absolute Gasteiger partial charge is 0.0433 e. The van der Waals surface area contributed by atoms with Gasteiger partial charge < -0.3 is 30.6 Å². The van der Waals surface area contributed by atoms with Crippen LogP contribution in [0.1, 0.15) is 103 Å². The molecule has 0 aromatic heterocycles. The van der Waals surface area contributed by atoms with Gasteiger partial charge in [0.25, 0.3) is 0 Å². The molecule has 3 unspecified atom stereocenters. The molecule has 6 nitrogen and oxygen atoms in total. The van der Waals surface area contributed by atoms with Crippen LogP contribution in [-0.4, -0.2) is 101 Å². The van der Waals surface area contributed by atoms with Gasteiger partial charge in [0.15, 0.2) is 0 Å². The molecule has 0 saturated heterocycles. The van der Waals surface area contributed by atoms with Crippen LogP contribution in [-0.2, 0) is 0 Å². The molecule has 0 aliphatic carbocycles. The van der Waals surface area contributed by atoms with Crippen LogP contribution >= 0.6 is 180 Å². The lowest BCUT2D eigenvalue weighted by Gasteiger charge is -2.02. The standard InChI is InChI=1S/2C6H12Br2O.2C6H12O.C5H10Br2O.C5H10O.3Br2/c2*7-5-6(8)3-1-2-4-9;2*1-2-3-4-5-6-7;6-4-5(7)2-1-3-8;1-2-3-4-5-6;3*1-2/h2*6,9H,1-5H2;2*2,7H,1,3-6H2;5,8H,1-4H2;2,6H,1,3-5H2;;;. The second-order valence-corrected chi connectivity index (χ2v) is 15.6. The second-order valence-electron chi connectivity index (χ2n) is 9.73. The van der Waals surface area contributed by atoms with E-state index < -0.39 is 0 Å². The number of allylic oxidation sites excluding steroid dienone is 3. The van der Waals surface area contributed by atoms with Gasteiger partial charge in [0.1, 0.15) is 0 Å². The van der Waals surface area contributed by atoms with Crippen molar-refractivity contribution in [1.29, 1.82) is 0 Å². The van der Waals surface area contributed by atoms with E-state index in [1.54, 1.807) is 6.08 Å². The molecule has 0 radical (unpaired) electrons. The Morgan fingerprint density at radius 3 is 0.750 bits per heavy atom. The van der Waals surface area contributed by atoms with Crippen LogP contribution in [0.15, 0.2) is 38.0 Å². The first-order valence-electron chi connectivity index (χ1n) is 16.7. The average Bonchev–Trinajstić information content (AvgIpc) is 3.20. The van der Waals surface area contributed by atoms with Gasteiger partial charge >= 0.3 is 0 Å². The molecule has 0 saturated carbocycles. The molecule has 52 heavy (non-hydrogen) atoms. The zero-order valence-corrected chi connectivity index (χ0v) is 49.5. The van der Waals surface area contributed by atoms with E-state index in [4.69, 9.17) is 30.6 Å². The Morgan fingerprint density at radius 1 is 0.346 bits per heavy atom. The predicted molar refractivity (Wildman–Crippen MR) is 280 cm³/mol. The van der Waals surface area contributed by atoms with E-state index in [1.165, 1.54) is 0 Å². The zero-order valence-electron chi connectivity index (χ0n) is 30.5. The first-order valence-corrected chi connectivity index (χ1v) is 33.9. The van der Waals surface area contributed by atoms with Crippen LogP contribution in [0.3, 0.4) is 0 Å². The van der Waals surface area contributed by atoms with Crippen molar-refractivity contribution in [3.8, 4) is 0 Å². The maximum Gasteiger partial charge on any atom is 0.0433 e. The fourth-order valence-corrected chi connectivity index (χ4v) is 4.48. The first-order chi connectivity index (χ1) is 25.2. The summed E-state index contributed by atoms with van der Waals surface area (Å²) in [7, 11) is 0. The number of hydrogen-bond donors (Lipinski definition) is 6. The maximum atomic E-state index is 8.42. The Labute approximate surface area is 416 Å². The molecule has 0 aromatic rings. The van der Waals surface area contributed by atoms with E-state index in [-0.39, 0.29) is 6.61 Å². The summed E-state index contributed by atoms with van der Waals surface area (Å²) in [6.45, 7) is 12.4. The normalized spacial score (nSPS) is 10.5. The summed E-state index contributed by atoms with van der Waals surface area (Å²) in [6.07, 6.45) is 21.6. The minimum absolute atomic E-state index is 0.284. The molecule has 0 amide bonds. The molecular formula is C34H68Br12O6. The van der Waals surface area contributed by atoms with Crippen molar-refractivity contribution in [2.24, 2.45) is 0 Å². The molecule has 0 aliphatic rings. The van der Waals surface area contributed by atoms with Crippen LogP contribution in [0, 0.1) is 0 Å². The molecule has 0 spiro atoms. The molecule has 0 bridgehead atoms. The topological polar surface area (TPSA) is 121 Å². The van der Waals surface area contributed by atoms with Gasteiger partial charge in [-0.2, -0.15) is 0 Å². The SMILES string of the molecule is BrBr.BrBr.BrBr.C=CCCCCO.C=CCCCCO.C=CCCCO.OCCCC(Br)CBr.OCCCCC(Br)CBr.OCCCCC(Br)CBr. The molecule has 324 valence electrons. The summed E-state index contributed by atoms with van der Waals surface area (Å²) in [6, 6.07) is 0. The molecule has 0 fully saturated rings. The highest BCUT2D eigenvalue weighted by Crippen LogP contribution is 2.12. The van der Waals surface area contributed by atoms with Gasteiger partial charge in [-0.15, -0.1) is 19.7 Å². The molecule has 18 heteroatoms. The van der Waals surface area contributed by atoms with Gasteiger partial charge in [-0.3, -0.25) is 0 Å². The van der Waals surface area contributed by atoms with E-state index in [1.807, 2.05) is 12.2 Å². The number of hydrogen-bond acceptors (Lipinski definition) is 6. The fourth-order valence-electron chi connectivity index (χ4n) is 2.54. The quantitative estimate of drug-likeness (QED) is 0.0308. The number of aliphatic hydroxyl groups excluding tert-OH is 6. The largest absolute Gasteiger partial charge is 0.396 e. The number of unbranched alkanes of at least 4 members (excludes halogenated alkanes) is 7. The fraction of sp³-hybridized carbons (Fsp3) is 0.824. The Bertz CT molecular complexity index is 496. The van der Waals surface area contributed by atoms with Crippen molar-refractivity contribution in [3.63, 3.8) is 0 Å².